The van der Waals surface area contributed by atoms with Crippen molar-refractivity contribution >= 4 is 16.8 Å². The third-order valence-corrected chi connectivity index (χ3v) is 5.47. The van der Waals surface area contributed by atoms with Crippen molar-refractivity contribution in [2.75, 3.05) is 32.8 Å². The SMILES string of the molecule is CC(=O)N1CCOC[C@@]2(CC[C@@H](CNCc3ccc4ccccc4n3)O2)C1. The molecule has 2 atom stereocenters. The molecule has 3 heterocycles. The zero-order valence-electron chi connectivity index (χ0n) is 15.8. The maximum Gasteiger partial charge on any atom is 0.219 e. The van der Waals surface area contributed by atoms with Crippen molar-refractivity contribution in [3.8, 4) is 0 Å². The number of amides is 1. The molecule has 0 aliphatic carbocycles. The molecular formula is C21H27N3O3. The van der Waals surface area contributed by atoms with Crippen molar-refractivity contribution < 1.29 is 14.3 Å². The second kappa shape index (κ2) is 7.92. The summed E-state index contributed by atoms with van der Waals surface area (Å²) in [5.41, 5.74) is 1.70. The van der Waals surface area contributed by atoms with Crippen molar-refractivity contribution in [3.63, 3.8) is 0 Å². The summed E-state index contributed by atoms with van der Waals surface area (Å²) in [5, 5.41) is 4.63. The van der Waals surface area contributed by atoms with Crippen molar-refractivity contribution in [1.82, 2.24) is 15.2 Å². The number of fused-ring (bicyclic) bond motifs is 1. The van der Waals surface area contributed by atoms with Gasteiger partial charge in [0.25, 0.3) is 0 Å². The number of nitrogens with one attached hydrogen (secondary N) is 1. The lowest BCUT2D eigenvalue weighted by atomic mass is 10.00. The molecule has 4 rings (SSSR count). The molecule has 6 nitrogen and oxygen atoms in total. The predicted molar refractivity (Wildman–Crippen MR) is 103 cm³/mol. The highest BCUT2D eigenvalue weighted by molar-refractivity contribution is 5.78. The Hall–Kier alpha value is -2.02. The smallest absolute Gasteiger partial charge is 0.219 e. The zero-order chi connectivity index (χ0) is 18.7. The van der Waals surface area contributed by atoms with Gasteiger partial charge in [-0.15, -0.1) is 0 Å². The van der Waals surface area contributed by atoms with Gasteiger partial charge in [0.15, 0.2) is 0 Å². The van der Waals surface area contributed by atoms with Gasteiger partial charge in [-0.3, -0.25) is 9.78 Å². The van der Waals surface area contributed by atoms with Gasteiger partial charge in [0.1, 0.15) is 5.60 Å². The van der Waals surface area contributed by atoms with E-state index in [2.05, 4.69) is 23.5 Å². The lowest BCUT2D eigenvalue weighted by Gasteiger charge is -2.31. The highest BCUT2D eigenvalue weighted by Crippen LogP contribution is 2.32. The van der Waals surface area contributed by atoms with Crippen molar-refractivity contribution in [2.45, 2.75) is 38.0 Å². The number of carbonyl (C=O) groups excluding carboxylic acids is 1. The largest absolute Gasteiger partial charge is 0.377 e. The fourth-order valence-electron chi connectivity index (χ4n) is 4.00. The second-order valence-electron chi connectivity index (χ2n) is 7.58. The summed E-state index contributed by atoms with van der Waals surface area (Å²) in [6.45, 7) is 5.54. The maximum absolute atomic E-state index is 11.8. The van der Waals surface area contributed by atoms with Gasteiger partial charge in [0.2, 0.25) is 5.91 Å². The first-order valence-electron chi connectivity index (χ1n) is 9.70. The van der Waals surface area contributed by atoms with Gasteiger partial charge in [0, 0.05) is 31.9 Å². The Morgan fingerprint density at radius 1 is 1.33 bits per heavy atom. The van der Waals surface area contributed by atoms with E-state index in [0.29, 0.717) is 32.8 Å². The van der Waals surface area contributed by atoms with Crippen LogP contribution in [0.3, 0.4) is 0 Å². The van der Waals surface area contributed by atoms with E-state index in [1.807, 2.05) is 23.1 Å². The molecule has 0 saturated carbocycles. The Morgan fingerprint density at radius 3 is 3.11 bits per heavy atom. The molecule has 0 radical (unpaired) electrons. The number of para-hydroxylation sites is 1. The van der Waals surface area contributed by atoms with E-state index in [0.717, 1.165) is 36.0 Å². The van der Waals surface area contributed by atoms with Crippen LogP contribution in [0.4, 0.5) is 0 Å². The van der Waals surface area contributed by atoms with E-state index < -0.39 is 0 Å². The first-order valence-corrected chi connectivity index (χ1v) is 9.70. The van der Waals surface area contributed by atoms with Gasteiger partial charge in [-0.05, 0) is 25.0 Å². The van der Waals surface area contributed by atoms with Gasteiger partial charge in [-0.25, -0.2) is 0 Å². The van der Waals surface area contributed by atoms with E-state index in [4.69, 9.17) is 14.5 Å². The quantitative estimate of drug-likeness (QED) is 0.894. The third kappa shape index (κ3) is 4.29. The molecular weight excluding hydrogens is 342 g/mol. The van der Waals surface area contributed by atoms with E-state index >= 15 is 0 Å². The average Bonchev–Trinajstić information content (AvgIpc) is 2.93. The lowest BCUT2D eigenvalue weighted by Crippen LogP contribution is -2.46. The molecule has 1 N–H and O–H groups in total. The molecule has 0 unspecified atom stereocenters. The maximum atomic E-state index is 11.8. The first kappa shape index (κ1) is 18.3. The minimum atomic E-state index is -0.351. The minimum Gasteiger partial charge on any atom is -0.377 e. The van der Waals surface area contributed by atoms with Gasteiger partial charge >= 0.3 is 0 Å². The summed E-state index contributed by atoms with van der Waals surface area (Å²) >= 11 is 0. The van der Waals surface area contributed by atoms with Crippen molar-refractivity contribution in [1.29, 1.82) is 0 Å². The monoisotopic (exact) mass is 369 g/mol. The van der Waals surface area contributed by atoms with Crippen LogP contribution in [-0.4, -0.2) is 60.3 Å². The number of nitrogens with zero attached hydrogens (tertiary/aromatic N) is 2. The summed E-state index contributed by atoms with van der Waals surface area (Å²) in [5.74, 6) is 0.0902. The lowest BCUT2D eigenvalue weighted by molar-refractivity contribution is -0.133. The zero-order valence-corrected chi connectivity index (χ0v) is 15.8. The Balaban J connectivity index is 1.31. The topological polar surface area (TPSA) is 63.7 Å². The van der Waals surface area contributed by atoms with Crippen LogP contribution in [-0.2, 0) is 20.8 Å². The van der Waals surface area contributed by atoms with Crippen LogP contribution in [0, 0.1) is 0 Å². The van der Waals surface area contributed by atoms with Crippen LogP contribution in [0.15, 0.2) is 36.4 Å². The first-order chi connectivity index (χ1) is 13.1. The molecule has 27 heavy (non-hydrogen) atoms. The van der Waals surface area contributed by atoms with Crippen LogP contribution < -0.4 is 5.32 Å². The summed E-state index contributed by atoms with van der Waals surface area (Å²) < 4.78 is 12.1. The van der Waals surface area contributed by atoms with E-state index in [-0.39, 0.29) is 17.6 Å². The summed E-state index contributed by atoms with van der Waals surface area (Å²) in [7, 11) is 0. The van der Waals surface area contributed by atoms with Crippen LogP contribution in [0.5, 0.6) is 0 Å². The van der Waals surface area contributed by atoms with Gasteiger partial charge in [-0.1, -0.05) is 24.3 Å². The molecule has 0 bridgehead atoms. The predicted octanol–water partition coefficient (Wildman–Crippen LogP) is 2.12. The molecule has 1 spiro atoms. The fraction of sp³-hybridized carbons (Fsp3) is 0.524. The molecule has 2 fully saturated rings. The third-order valence-electron chi connectivity index (χ3n) is 5.47. The fourth-order valence-corrected chi connectivity index (χ4v) is 4.00. The molecule has 1 aromatic heterocycles. The Labute approximate surface area is 159 Å². The van der Waals surface area contributed by atoms with Crippen molar-refractivity contribution in [3.05, 3.63) is 42.1 Å². The Kier molecular flexibility index (Phi) is 5.38. The molecule has 1 amide bonds. The molecule has 6 heteroatoms. The number of rotatable bonds is 4. The summed E-state index contributed by atoms with van der Waals surface area (Å²) in [6, 6.07) is 12.3. The number of pyridine rings is 1. The second-order valence-corrected chi connectivity index (χ2v) is 7.58. The highest BCUT2D eigenvalue weighted by atomic mass is 16.6. The highest BCUT2D eigenvalue weighted by Gasteiger charge is 2.43. The number of ether oxygens (including phenoxy) is 2. The molecule has 2 aliphatic heterocycles. The molecule has 2 saturated heterocycles. The molecule has 2 aliphatic rings. The summed E-state index contributed by atoms with van der Waals surface area (Å²) in [6.07, 6.45) is 2.05. The normalized spacial score (nSPS) is 25.8. The van der Waals surface area contributed by atoms with E-state index in [9.17, 15) is 4.79 Å². The molecule has 144 valence electrons. The molecule has 1 aromatic carbocycles. The Morgan fingerprint density at radius 2 is 2.22 bits per heavy atom. The number of aromatic nitrogens is 1. The van der Waals surface area contributed by atoms with Crippen LogP contribution in [0.2, 0.25) is 0 Å². The van der Waals surface area contributed by atoms with Crippen LogP contribution in [0.25, 0.3) is 10.9 Å². The number of carbonyl (C=O) groups is 1. The van der Waals surface area contributed by atoms with Gasteiger partial charge in [0.05, 0.1) is 37.1 Å². The van der Waals surface area contributed by atoms with Crippen molar-refractivity contribution in [2.24, 2.45) is 0 Å². The Bertz CT molecular complexity index is 812. The van der Waals surface area contributed by atoms with E-state index in [1.165, 1.54) is 0 Å². The van der Waals surface area contributed by atoms with E-state index in [1.54, 1.807) is 6.92 Å². The standard InChI is InChI=1S/C21H27N3O3/c1-16(25)24-10-11-26-15-21(14-24)9-8-19(27-21)13-22-12-18-7-6-17-4-2-3-5-20(17)23-18/h2-7,19,22H,8-15H2,1H3/t19-,21+/m0/s1. The number of hydrogen-bond acceptors (Lipinski definition) is 5. The minimum absolute atomic E-state index is 0.0902. The van der Waals surface area contributed by atoms with Crippen LogP contribution in [0.1, 0.15) is 25.5 Å². The number of benzene rings is 1. The summed E-state index contributed by atoms with van der Waals surface area (Å²) in [4.78, 5) is 18.3. The van der Waals surface area contributed by atoms with Gasteiger partial charge in [-0.2, -0.15) is 0 Å². The van der Waals surface area contributed by atoms with Crippen LogP contribution >= 0.6 is 0 Å². The van der Waals surface area contributed by atoms with Gasteiger partial charge < -0.3 is 19.7 Å². The number of hydrogen-bond donors (Lipinski definition) is 1. The average molecular weight is 369 g/mol. The molecule has 2 aromatic rings.